The number of benzene rings is 1. The van der Waals surface area contributed by atoms with E-state index in [2.05, 4.69) is 26.2 Å². The van der Waals surface area contributed by atoms with E-state index < -0.39 is 5.97 Å². The number of rotatable bonds is 3. The van der Waals surface area contributed by atoms with Gasteiger partial charge in [-0.2, -0.15) is 0 Å². The number of nitrogens with one attached hydrogen (secondary N) is 1. The van der Waals surface area contributed by atoms with Crippen molar-refractivity contribution in [2.24, 2.45) is 0 Å². The number of carboxylic acids is 1. The first-order valence-electron chi connectivity index (χ1n) is 5.81. The van der Waals surface area contributed by atoms with Crippen LogP contribution in [0.1, 0.15) is 21.6 Å². The fourth-order valence-electron chi connectivity index (χ4n) is 1.74. The molecular formula is C14H12BrClN2O2. The number of aromatic carboxylic acids is 1. The summed E-state index contributed by atoms with van der Waals surface area (Å²) >= 11 is 9.53. The summed E-state index contributed by atoms with van der Waals surface area (Å²) in [5.74, 6) is -0.525. The van der Waals surface area contributed by atoms with Crippen LogP contribution in [-0.2, 0) is 0 Å². The van der Waals surface area contributed by atoms with Crippen LogP contribution in [0.4, 0.5) is 11.5 Å². The largest absolute Gasteiger partial charge is 0.478 e. The normalized spacial score (nSPS) is 10.4. The molecule has 1 aromatic carbocycles. The second-order valence-electron chi connectivity index (χ2n) is 4.39. The van der Waals surface area contributed by atoms with Gasteiger partial charge >= 0.3 is 5.97 Å². The number of aromatic nitrogens is 1. The van der Waals surface area contributed by atoms with Crippen LogP contribution >= 0.6 is 27.5 Å². The zero-order valence-electron chi connectivity index (χ0n) is 10.9. The monoisotopic (exact) mass is 354 g/mol. The molecule has 6 heteroatoms. The number of anilines is 2. The summed E-state index contributed by atoms with van der Waals surface area (Å²) in [7, 11) is 0. The third-order valence-corrected chi connectivity index (χ3v) is 3.77. The summed E-state index contributed by atoms with van der Waals surface area (Å²) < 4.78 is 0.833. The topological polar surface area (TPSA) is 62.2 Å². The van der Waals surface area contributed by atoms with Gasteiger partial charge in [-0.25, -0.2) is 9.78 Å². The smallest absolute Gasteiger partial charge is 0.335 e. The number of aryl methyl sites for hydroxylation is 2. The molecule has 0 amide bonds. The molecule has 0 radical (unpaired) electrons. The van der Waals surface area contributed by atoms with E-state index in [-0.39, 0.29) is 5.56 Å². The minimum Gasteiger partial charge on any atom is -0.478 e. The molecule has 2 aromatic rings. The summed E-state index contributed by atoms with van der Waals surface area (Å²) in [5, 5.41) is 12.7. The third-order valence-electron chi connectivity index (χ3n) is 2.71. The van der Waals surface area contributed by atoms with Gasteiger partial charge < -0.3 is 10.4 Å². The van der Waals surface area contributed by atoms with Crippen molar-refractivity contribution in [3.63, 3.8) is 0 Å². The summed E-state index contributed by atoms with van der Waals surface area (Å²) in [6.45, 7) is 3.65. The first kappa shape index (κ1) is 14.8. The van der Waals surface area contributed by atoms with E-state index in [0.717, 1.165) is 15.7 Å². The molecule has 2 rings (SSSR count). The average Bonchev–Trinajstić information content (AvgIpc) is 2.35. The van der Waals surface area contributed by atoms with E-state index in [9.17, 15) is 4.79 Å². The number of halogens is 2. The number of nitrogens with zero attached hydrogens (tertiary/aromatic N) is 1. The number of hydrogen-bond donors (Lipinski definition) is 2. The standard InChI is InChI=1S/C14H12BrClN2O2/c1-7-3-10(15)12(6-11(7)16)18-13-5-9(14(19)20)4-8(2)17-13/h3-6H,1-2H3,(H,17,18)(H,19,20). The van der Waals surface area contributed by atoms with Crippen LogP contribution in [0.2, 0.25) is 5.02 Å². The highest BCUT2D eigenvalue weighted by Crippen LogP contribution is 2.31. The molecule has 0 unspecified atom stereocenters. The Morgan fingerprint density at radius 1 is 1.30 bits per heavy atom. The maximum atomic E-state index is 11.0. The van der Waals surface area contributed by atoms with Gasteiger partial charge in [-0.3, -0.25) is 0 Å². The molecule has 20 heavy (non-hydrogen) atoms. The maximum Gasteiger partial charge on any atom is 0.335 e. The number of carbonyl (C=O) groups is 1. The second kappa shape index (κ2) is 5.81. The van der Waals surface area contributed by atoms with Gasteiger partial charge in [0.05, 0.1) is 11.3 Å². The molecule has 0 bridgehead atoms. The molecule has 0 fully saturated rings. The molecule has 0 aliphatic carbocycles. The molecule has 104 valence electrons. The predicted molar refractivity (Wildman–Crippen MR) is 83.1 cm³/mol. The maximum absolute atomic E-state index is 11.0. The number of pyridine rings is 1. The third kappa shape index (κ3) is 3.29. The van der Waals surface area contributed by atoms with E-state index in [1.54, 1.807) is 13.0 Å². The van der Waals surface area contributed by atoms with Gasteiger partial charge in [-0.15, -0.1) is 0 Å². The first-order valence-corrected chi connectivity index (χ1v) is 6.98. The van der Waals surface area contributed by atoms with E-state index in [1.807, 2.05) is 13.0 Å². The van der Waals surface area contributed by atoms with Gasteiger partial charge in [0.1, 0.15) is 5.82 Å². The lowest BCUT2D eigenvalue weighted by Gasteiger charge is -2.11. The fraction of sp³-hybridized carbons (Fsp3) is 0.143. The molecular weight excluding hydrogens is 344 g/mol. The van der Waals surface area contributed by atoms with Crippen molar-refractivity contribution in [3.8, 4) is 0 Å². The van der Waals surface area contributed by atoms with E-state index in [0.29, 0.717) is 16.5 Å². The molecule has 4 nitrogen and oxygen atoms in total. The summed E-state index contributed by atoms with van der Waals surface area (Å²) in [6, 6.07) is 6.66. The zero-order valence-corrected chi connectivity index (χ0v) is 13.2. The quantitative estimate of drug-likeness (QED) is 0.847. The van der Waals surface area contributed by atoms with Gasteiger partial charge in [0.25, 0.3) is 0 Å². The predicted octanol–water partition coefficient (Wildman–Crippen LogP) is 4.56. The summed E-state index contributed by atoms with van der Waals surface area (Å²) in [6.07, 6.45) is 0. The number of carboxylic acid groups (broad SMARTS) is 1. The number of hydrogen-bond acceptors (Lipinski definition) is 3. The molecule has 0 aliphatic heterocycles. The molecule has 0 aliphatic rings. The van der Waals surface area contributed by atoms with E-state index >= 15 is 0 Å². The Balaban J connectivity index is 2.40. The van der Waals surface area contributed by atoms with Crippen molar-refractivity contribution in [2.45, 2.75) is 13.8 Å². The highest BCUT2D eigenvalue weighted by Gasteiger charge is 2.09. The lowest BCUT2D eigenvalue weighted by atomic mass is 10.2. The Kier molecular flexibility index (Phi) is 4.30. The highest BCUT2D eigenvalue weighted by atomic mass is 79.9. The Morgan fingerprint density at radius 2 is 2.00 bits per heavy atom. The van der Waals surface area contributed by atoms with Gasteiger partial charge in [0.2, 0.25) is 0 Å². The molecule has 0 atom stereocenters. The Morgan fingerprint density at radius 3 is 2.65 bits per heavy atom. The average molecular weight is 356 g/mol. The van der Waals surface area contributed by atoms with Crippen molar-refractivity contribution in [1.82, 2.24) is 4.98 Å². The molecule has 1 aromatic heterocycles. The van der Waals surface area contributed by atoms with Crippen LogP contribution in [0.5, 0.6) is 0 Å². The van der Waals surface area contributed by atoms with Crippen LogP contribution < -0.4 is 5.32 Å². The van der Waals surface area contributed by atoms with Crippen LogP contribution in [0.3, 0.4) is 0 Å². The molecule has 0 saturated heterocycles. The molecule has 0 saturated carbocycles. The highest BCUT2D eigenvalue weighted by molar-refractivity contribution is 9.10. The van der Waals surface area contributed by atoms with Crippen LogP contribution in [0.25, 0.3) is 0 Å². The molecule has 1 heterocycles. The Bertz CT molecular complexity index is 689. The summed E-state index contributed by atoms with van der Waals surface area (Å²) in [4.78, 5) is 15.3. The Hall–Kier alpha value is -1.59. The van der Waals surface area contributed by atoms with Crippen LogP contribution in [0.15, 0.2) is 28.7 Å². The van der Waals surface area contributed by atoms with Crippen LogP contribution in [0, 0.1) is 13.8 Å². The second-order valence-corrected chi connectivity index (χ2v) is 5.66. The van der Waals surface area contributed by atoms with Crippen molar-refractivity contribution in [3.05, 3.63) is 50.6 Å². The van der Waals surface area contributed by atoms with Crippen LogP contribution in [-0.4, -0.2) is 16.1 Å². The SMILES string of the molecule is Cc1cc(C(=O)O)cc(Nc2cc(Cl)c(C)cc2Br)n1. The minimum atomic E-state index is -0.987. The first-order chi connectivity index (χ1) is 9.36. The van der Waals surface area contributed by atoms with Crippen molar-refractivity contribution in [1.29, 1.82) is 0 Å². The lowest BCUT2D eigenvalue weighted by molar-refractivity contribution is 0.0696. The molecule has 2 N–H and O–H groups in total. The minimum absolute atomic E-state index is 0.189. The van der Waals surface area contributed by atoms with Crippen molar-refractivity contribution < 1.29 is 9.90 Å². The van der Waals surface area contributed by atoms with Gasteiger partial charge in [0, 0.05) is 15.2 Å². The van der Waals surface area contributed by atoms with Crippen molar-refractivity contribution >= 4 is 45.0 Å². The zero-order chi connectivity index (χ0) is 14.9. The van der Waals surface area contributed by atoms with Gasteiger partial charge in [0.15, 0.2) is 0 Å². The molecule has 0 spiro atoms. The fourth-order valence-corrected chi connectivity index (χ4v) is 2.46. The van der Waals surface area contributed by atoms with Crippen molar-refractivity contribution in [2.75, 3.05) is 5.32 Å². The lowest BCUT2D eigenvalue weighted by Crippen LogP contribution is -2.02. The summed E-state index contributed by atoms with van der Waals surface area (Å²) in [5.41, 5.74) is 2.50. The van der Waals surface area contributed by atoms with E-state index in [1.165, 1.54) is 12.1 Å². The van der Waals surface area contributed by atoms with Gasteiger partial charge in [-0.1, -0.05) is 11.6 Å². The van der Waals surface area contributed by atoms with Gasteiger partial charge in [-0.05, 0) is 59.6 Å². The van der Waals surface area contributed by atoms with E-state index in [4.69, 9.17) is 16.7 Å². The Labute approximate surface area is 129 Å².